The van der Waals surface area contributed by atoms with Crippen molar-refractivity contribution in [3.05, 3.63) is 71.5 Å². The van der Waals surface area contributed by atoms with Gasteiger partial charge in [-0.15, -0.1) is 5.10 Å². The fraction of sp³-hybridized carbons (Fsp3) is 0.300. The molecule has 27 heavy (non-hydrogen) atoms. The van der Waals surface area contributed by atoms with Crippen LogP contribution in [0.2, 0.25) is 0 Å². The van der Waals surface area contributed by atoms with Crippen molar-refractivity contribution in [2.24, 2.45) is 0 Å². The number of rotatable bonds is 7. The Hall–Kier alpha value is -3.06. The summed E-state index contributed by atoms with van der Waals surface area (Å²) in [5.41, 5.74) is 3.65. The third-order valence-electron chi connectivity index (χ3n) is 4.60. The van der Waals surface area contributed by atoms with Crippen molar-refractivity contribution >= 4 is 5.91 Å². The minimum absolute atomic E-state index is 0.0834. The predicted molar refractivity (Wildman–Crippen MR) is 104 cm³/mol. The zero-order chi connectivity index (χ0) is 19.2. The summed E-state index contributed by atoms with van der Waals surface area (Å²) in [4.78, 5) is 14.9. The Balaban J connectivity index is 1.75. The molecule has 0 aliphatic carbocycles. The number of carbonyl (C=O) groups excluding carboxylic acids is 1. The molecule has 1 atom stereocenters. The van der Waals surface area contributed by atoms with Gasteiger partial charge in [-0.1, -0.05) is 43.3 Å². The lowest BCUT2D eigenvalue weighted by Gasteiger charge is -2.25. The normalized spacial score (nSPS) is 12.1. The van der Waals surface area contributed by atoms with Gasteiger partial charge in [-0.25, -0.2) is 0 Å². The second kappa shape index (κ2) is 8.55. The standard InChI is InChI=1S/C20H24N6O/c1-4-15-9-11-16(12-10-15)19(25(2)3)13-21-20(27)17-7-5-6-8-18(17)26-14-22-23-24-26/h5-12,14,19H,4,13H2,1-3H3,(H,21,27). The number of amides is 1. The SMILES string of the molecule is CCc1ccc(C(CNC(=O)c2ccccc2-n2cnnn2)N(C)C)cc1. The lowest BCUT2D eigenvalue weighted by Crippen LogP contribution is -2.35. The van der Waals surface area contributed by atoms with Gasteiger partial charge in [-0.3, -0.25) is 4.79 Å². The molecule has 0 spiro atoms. The Morgan fingerprint density at radius 3 is 2.52 bits per heavy atom. The molecule has 2 aromatic carbocycles. The van der Waals surface area contributed by atoms with E-state index in [2.05, 4.69) is 56.9 Å². The fourth-order valence-corrected chi connectivity index (χ4v) is 3.00. The number of likely N-dealkylation sites (N-methyl/N-ethyl adjacent to an activating group) is 1. The molecule has 0 aliphatic rings. The topological polar surface area (TPSA) is 75.9 Å². The average molecular weight is 364 g/mol. The van der Waals surface area contributed by atoms with E-state index < -0.39 is 0 Å². The average Bonchev–Trinajstić information content (AvgIpc) is 3.23. The van der Waals surface area contributed by atoms with Crippen LogP contribution < -0.4 is 5.32 Å². The first-order valence-electron chi connectivity index (χ1n) is 8.96. The minimum Gasteiger partial charge on any atom is -0.350 e. The summed E-state index contributed by atoms with van der Waals surface area (Å²) in [6, 6.07) is 15.9. The summed E-state index contributed by atoms with van der Waals surface area (Å²) >= 11 is 0. The number of hydrogen-bond acceptors (Lipinski definition) is 5. The summed E-state index contributed by atoms with van der Waals surface area (Å²) < 4.78 is 1.49. The molecule has 1 unspecified atom stereocenters. The number of nitrogens with zero attached hydrogens (tertiary/aromatic N) is 5. The van der Waals surface area contributed by atoms with Crippen LogP contribution in [0.25, 0.3) is 5.69 Å². The van der Waals surface area contributed by atoms with Crippen molar-refractivity contribution < 1.29 is 4.79 Å². The fourth-order valence-electron chi connectivity index (χ4n) is 3.00. The first-order valence-corrected chi connectivity index (χ1v) is 8.96. The molecule has 1 amide bonds. The molecule has 0 aliphatic heterocycles. The molecular formula is C20H24N6O. The van der Waals surface area contributed by atoms with Crippen molar-refractivity contribution in [3.8, 4) is 5.69 Å². The maximum absolute atomic E-state index is 12.8. The second-order valence-electron chi connectivity index (χ2n) is 6.56. The van der Waals surface area contributed by atoms with E-state index in [0.717, 1.165) is 6.42 Å². The van der Waals surface area contributed by atoms with Crippen molar-refractivity contribution in [2.45, 2.75) is 19.4 Å². The van der Waals surface area contributed by atoms with E-state index in [4.69, 9.17) is 0 Å². The van der Waals surface area contributed by atoms with Crippen LogP contribution in [0.1, 0.15) is 34.5 Å². The zero-order valence-corrected chi connectivity index (χ0v) is 15.8. The summed E-state index contributed by atoms with van der Waals surface area (Å²) in [6.45, 7) is 2.64. The van der Waals surface area contributed by atoms with Gasteiger partial charge in [0.2, 0.25) is 0 Å². The monoisotopic (exact) mass is 364 g/mol. The number of carbonyl (C=O) groups is 1. The lowest BCUT2D eigenvalue weighted by atomic mass is 10.0. The molecular weight excluding hydrogens is 340 g/mol. The van der Waals surface area contributed by atoms with Gasteiger partial charge in [0.1, 0.15) is 6.33 Å². The molecule has 7 heteroatoms. The third kappa shape index (κ3) is 4.38. The Kier molecular flexibility index (Phi) is 5.93. The first-order chi connectivity index (χ1) is 13.1. The van der Waals surface area contributed by atoms with E-state index in [1.165, 1.54) is 22.1 Å². The van der Waals surface area contributed by atoms with Crippen LogP contribution in [-0.2, 0) is 6.42 Å². The van der Waals surface area contributed by atoms with Gasteiger partial charge in [0.05, 0.1) is 17.3 Å². The van der Waals surface area contributed by atoms with Crippen LogP contribution in [0, 0.1) is 0 Å². The van der Waals surface area contributed by atoms with Gasteiger partial charge < -0.3 is 10.2 Å². The Morgan fingerprint density at radius 1 is 1.15 bits per heavy atom. The van der Waals surface area contributed by atoms with Gasteiger partial charge >= 0.3 is 0 Å². The van der Waals surface area contributed by atoms with Crippen LogP contribution >= 0.6 is 0 Å². The molecule has 3 aromatic rings. The molecule has 0 saturated heterocycles. The summed E-state index contributed by atoms with van der Waals surface area (Å²) in [6.07, 6.45) is 2.49. The van der Waals surface area contributed by atoms with E-state index in [9.17, 15) is 4.79 Å². The van der Waals surface area contributed by atoms with Crippen LogP contribution in [0.5, 0.6) is 0 Å². The maximum Gasteiger partial charge on any atom is 0.253 e. The zero-order valence-electron chi connectivity index (χ0n) is 15.8. The molecule has 0 saturated carbocycles. The third-order valence-corrected chi connectivity index (χ3v) is 4.60. The molecule has 0 bridgehead atoms. The highest BCUT2D eigenvalue weighted by Gasteiger charge is 2.18. The van der Waals surface area contributed by atoms with Crippen LogP contribution in [0.3, 0.4) is 0 Å². The molecule has 0 radical (unpaired) electrons. The quantitative estimate of drug-likeness (QED) is 0.696. The number of tetrazole rings is 1. The predicted octanol–water partition coefficient (Wildman–Crippen LogP) is 2.26. The van der Waals surface area contributed by atoms with Crippen LogP contribution in [0.4, 0.5) is 0 Å². The Bertz CT molecular complexity index is 874. The number of benzene rings is 2. The van der Waals surface area contributed by atoms with Crippen LogP contribution in [0.15, 0.2) is 54.9 Å². The summed E-state index contributed by atoms with van der Waals surface area (Å²) in [7, 11) is 4.03. The van der Waals surface area contributed by atoms with Gasteiger partial charge in [-0.2, -0.15) is 4.68 Å². The van der Waals surface area contributed by atoms with Gasteiger partial charge in [0, 0.05) is 6.54 Å². The molecule has 0 fully saturated rings. The Morgan fingerprint density at radius 2 is 1.89 bits per heavy atom. The van der Waals surface area contributed by atoms with Crippen LogP contribution in [-0.4, -0.2) is 51.7 Å². The first kappa shape index (κ1) is 18.7. The minimum atomic E-state index is -0.155. The van der Waals surface area contributed by atoms with E-state index in [1.807, 2.05) is 32.3 Å². The van der Waals surface area contributed by atoms with E-state index in [-0.39, 0.29) is 11.9 Å². The molecule has 3 rings (SSSR count). The number of para-hydroxylation sites is 1. The number of aromatic nitrogens is 4. The second-order valence-corrected chi connectivity index (χ2v) is 6.56. The van der Waals surface area contributed by atoms with Gasteiger partial charge in [-0.05, 0) is 54.2 Å². The molecule has 1 heterocycles. The van der Waals surface area contributed by atoms with Gasteiger partial charge in [0.15, 0.2) is 0 Å². The number of nitrogens with one attached hydrogen (secondary N) is 1. The number of aryl methyl sites for hydroxylation is 1. The lowest BCUT2D eigenvalue weighted by molar-refractivity contribution is 0.0941. The van der Waals surface area contributed by atoms with Crippen molar-refractivity contribution in [1.82, 2.24) is 30.4 Å². The molecule has 1 N–H and O–H groups in total. The highest BCUT2D eigenvalue weighted by molar-refractivity contribution is 5.97. The number of hydrogen-bond donors (Lipinski definition) is 1. The smallest absolute Gasteiger partial charge is 0.253 e. The molecule has 7 nitrogen and oxygen atoms in total. The highest BCUT2D eigenvalue weighted by Crippen LogP contribution is 2.19. The maximum atomic E-state index is 12.8. The van der Waals surface area contributed by atoms with E-state index >= 15 is 0 Å². The van der Waals surface area contributed by atoms with Crippen molar-refractivity contribution in [3.63, 3.8) is 0 Å². The highest BCUT2D eigenvalue weighted by atomic mass is 16.1. The van der Waals surface area contributed by atoms with E-state index in [0.29, 0.717) is 17.8 Å². The molecule has 1 aromatic heterocycles. The van der Waals surface area contributed by atoms with Crippen molar-refractivity contribution in [2.75, 3.05) is 20.6 Å². The largest absolute Gasteiger partial charge is 0.350 e. The van der Waals surface area contributed by atoms with E-state index in [1.54, 1.807) is 6.07 Å². The van der Waals surface area contributed by atoms with Gasteiger partial charge in [0.25, 0.3) is 5.91 Å². The summed E-state index contributed by atoms with van der Waals surface area (Å²) in [5, 5.41) is 14.2. The summed E-state index contributed by atoms with van der Waals surface area (Å²) in [5.74, 6) is -0.155. The Labute approximate surface area is 159 Å². The molecule has 140 valence electrons. The van der Waals surface area contributed by atoms with Crippen molar-refractivity contribution in [1.29, 1.82) is 0 Å².